The fourth-order valence-electron chi connectivity index (χ4n) is 2.46. The van der Waals surface area contributed by atoms with Crippen LogP contribution in [0.5, 0.6) is 0 Å². The number of carbonyl (C=O) groups is 1. The molecule has 2 rings (SSSR count). The van der Waals surface area contributed by atoms with E-state index in [1.165, 1.54) is 19.2 Å². The molecule has 0 aromatic carbocycles. The van der Waals surface area contributed by atoms with Crippen LogP contribution in [0.25, 0.3) is 0 Å². The molecule has 1 aromatic rings. The number of hydrogen-bond donors (Lipinski definition) is 1. The van der Waals surface area contributed by atoms with Crippen molar-refractivity contribution in [2.45, 2.75) is 51.7 Å². The Morgan fingerprint density at radius 2 is 2.37 bits per heavy atom. The lowest BCUT2D eigenvalue weighted by atomic mass is 10.0. The average molecular weight is 265 g/mol. The molecular weight excluding hydrogens is 242 g/mol. The summed E-state index contributed by atoms with van der Waals surface area (Å²) in [5, 5.41) is 7.48. The van der Waals surface area contributed by atoms with Gasteiger partial charge < -0.3 is 10.2 Å². The van der Waals surface area contributed by atoms with E-state index in [0.29, 0.717) is 6.04 Å². The van der Waals surface area contributed by atoms with Crippen LogP contribution in [0.3, 0.4) is 0 Å². The molecule has 1 fully saturated rings. The Balaban J connectivity index is 1.92. The van der Waals surface area contributed by atoms with Crippen molar-refractivity contribution in [1.29, 1.82) is 0 Å². The van der Waals surface area contributed by atoms with Gasteiger partial charge in [-0.05, 0) is 33.2 Å². The molecule has 106 valence electrons. The third-order valence-corrected chi connectivity index (χ3v) is 3.54. The lowest BCUT2D eigenvalue weighted by Gasteiger charge is -2.33. The first-order valence-electron chi connectivity index (χ1n) is 7.02. The molecule has 1 aromatic heterocycles. The fourth-order valence-corrected chi connectivity index (χ4v) is 2.46. The highest BCUT2D eigenvalue weighted by molar-refractivity contribution is 5.76. The van der Waals surface area contributed by atoms with Gasteiger partial charge in [-0.2, -0.15) is 5.10 Å². The summed E-state index contributed by atoms with van der Waals surface area (Å²) in [4.78, 5) is 18.1. The Morgan fingerprint density at radius 1 is 1.53 bits per heavy atom. The highest BCUT2D eigenvalue weighted by atomic mass is 16.2. The third kappa shape index (κ3) is 4.02. The van der Waals surface area contributed by atoms with Crippen molar-refractivity contribution in [3.8, 4) is 0 Å². The summed E-state index contributed by atoms with van der Waals surface area (Å²) >= 11 is 0. The number of nitrogens with zero attached hydrogens (tertiary/aromatic N) is 4. The zero-order valence-electron chi connectivity index (χ0n) is 11.7. The standard InChI is InChI=1S/C13H23N5O/c1-11(2)18(7-12-5-3-4-6-15-12)13(19)8-17-10-14-9-16-17/h9-12,15H,3-8H2,1-2H3. The van der Waals surface area contributed by atoms with E-state index < -0.39 is 0 Å². The van der Waals surface area contributed by atoms with Gasteiger partial charge in [0.15, 0.2) is 0 Å². The minimum absolute atomic E-state index is 0.105. The molecule has 1 atom stereocenters. The summed E-state index contributed by atoms with van der Waals surface area (Å²) in [5.74, 6) is 0.105. The number of hydrogen-bond acceptors (Lipinski definition) is 4. The molecule has 6 heteroatoms. The number of nitrogens with one attached hydrogen (secondary N) is 1. The van der Waals surface area contributed by atoms with Crippen LogP contribution in [-0.2, 0) is 11.3 Å². The maximum atomic E-state index is 12.3. The second-order valence-corrected chi connectivity index (χ2v) is 5.38. The molecule has 1 aliphatic rings. The number of aromatic nitrogens is 3. The smallest absolute Gasteiger partial charge is 0.244 e. The highest BCUT2D eigenvalue weighted by Crippen LogP contribution is 2.11. The SMILES string of the molecule is CC(C)N(CC1CCCCN1)C(=O)Cn1cncn1. The molecule has 0 bridgehead atoms. The van der Waals surface area contributed by atoms with Gasteiger partial charge in [0.05, 0.1) is 0 Å². The van der Waals surface area contributed by atoms with Gasteiger partial charge in [0.2, 0.25) is 5.91 Å². The number of rotatable bonds is 5. The number of carbonyl (C=O) groups excluding carboxylic acids is 1. The van der Waals surface area contributed by atoms with Gasteiger partial charge >= 0.3 is 0 Å². The predicted molar refractivity (Wildman–Crippen MR) is 72.5 cm³/mol. The average Bonchev–Trinajstić information content (AvgIpc) is 2.89. The first kappa shape index (κ1) is 14.0. The van der Waals surface area contributed by atoms with Crippen LogP contribution in [0, 0.1) is 0 Å². The van der Waals surface area contributed by atoms with E-state index in [1.54, 1.807) is 11.0 Å². The number of piperidine rings is 1. The summed E-state index contributed by atoms with van der Waals surface area (Å²) in [6.07, 6.45) is 6.68. The van der Waals surface area contributed by atoms with Crippen molar-refractivity contribution in [2.75, 3.05) is 13.1 Å². The summed E-state index contributed by atoms with van der Waals surface area (Å²) in [7, 11) is 0. The summed E-state index contributed by atoms with van der Waals surface area (Å²) in [6, 6.07) is 0.635. The monoisotopic (exact) mass is 265 g/mol. The second-order valence-electron chi connectivity index (χ2n) is 5.38. The molecular formula is C13H23N5O. The maximum absolute atomic E-state index is 12.3. The Bertz CT molecular complexity index is 384. The molecule has 1 unspecified atom stereocenters. The van der Waals surface area contributed by atoms with Gasteiger partial charge in [-0.15, -0.1) is 0 Å². The van der Waals surface area contributed by atoms with E-state index in [1.807, 2.05) is 4.90 Å². The molecule has 1 amide bonds. The molecule has 2 heterocycles. The molecule has 0 aliphatic carbocycles. The normalized spacial score (nSPS) is 19.6. The predicted octanol–water partition coefficient (Wildman–Crippen LogP) is 0.657. The van der Waals surface area contributed by atoms with Crippen molar-refractivity contribution in [3.05, 3.63) is 12.7 Å². The molecule has 0 spiro atoms. The van der Waals surface area contributed by atoms with Crippen LogP contribution in [-0.4, -0.2) is 50.7 Å². The lowest BCUT2D eigenvalue weighted by Crippen LogP contribution is -2.49. The van der Waals surface area contributed by atoms with Gasteiger partial charge in [-0.25, -0.2) is 9.67 Å². The molecule has 1 N–H and O–H groups in total. The lowest BCUT2D eigenvalue weighted by molar-refractivity contribution is -0.134. The second kappa shape index (κ2) is 6.65. The maximum Gasteiger partial charge on any atom is 0.244 e. The minimum atomic E-state index is 0.105. The van der Waals surface area contributed by atoms with Crippen molar-refractivity contribution >= 4 is 5.91 Å². The highest BCUT2D eigenvalue weighted by Gasteiger charge is 2.22. The fraction of sp³-hybridized carbons (Fsp3) is 0.769. The van der Waals surface area contributed by atoms with E-state index in [0.717, 1.165) is 19.5 Å². The zero-order chi connectivity index (χ0) is 13.7. The van der Waals surface area contributed by atoms with Crippen LogP contribution >= 0.6 is 0 Å². The van der Waals surface area contributed by atoms with Gasteiger partial charge in [0, 0.05) is 18.6 Å². The van der Waals surface area contributed by atoms with E-state index >= 15 is 0 Å². The first-order chi connectivity index (χ1) is 9.16. The van der Waals surface area contributed by atoms with Crippen LogP contribution in [0.1, 0.15) is 33.1 Å². The van der Waals surface area contributed by atoms with Gasteiger partial charge in [-0.1, -0.05) is 6.42 Å². The van der Waals surface area contributed by atoms with E-state index in [-0.39, 0.29) is 18.5 Å². The van der Waals surface area contributed by atoms with Crippen LogP contribution in [0.2, 0.25) is 0 Å². The summed E-state index contributed by atoms with van der Waals surface area (Å²) in [6.45, 7) is 6.23. The molecule has 0 radical (unpaired) electrons. The minimum Gasteiger partial charge on any atom is -0.337 e. The Hall–Kier alpha value is -1.43. The van der Waals surface area contributed by atoms with E-state index in [9.17, 15) is 4.79 Å². The zero-order valence-corrected chi connectivity index (χ0v) is 11.7. The van der Waals surface area contributed by atoms with Crippen LogP contribution in [0.4, 0.5) is 0 Å². The summed E-state index contributed by atoms with van der Waals surface area (Å²) in [5.41, 5.74) is 0. The molecule has 1 saturated heterocycles. The van der Waals surface area contributed by atoms with Gasteiger partial charge in [0.25, 0.3) is 0 Å². The van der Waals surface area contributed by atoms with E-state index in [2.05, 4.69) is 29.2 Å². The van der Waals surface area contributed by atoms with Crippen molar-refractivity contribution < 1.29 is 4.79 Å². The van der Waals surface area contributed by atoms with E-state index in [4.69, 9.17) is 0 Å². The molecule has 6 nitrogen and oxygen atoms in total. The Labute approximate surface area is 114 Å². The molecule has 19 heavy (non-hydrogen) atoms. The topological polar surface area (TPSA) is 63.1 Å². The Kier molecular flexibility index (Phi) is 4.90. The van der Waals surface area contributed by atoms with Crippen molar-refractivity contribution in [1.82, 2.24) is 25.0 Å². The first-order valence-corrected chi connectivity index (χ1v) is 7.02. The summed E-state index contributed by atoms with van der Waals surface area (Å²) < 4.78 is 1.58. The van der Waals surface area contributed by atoms with Crippen molar-refractivity contribution in [2.24, 2.45) is 0 Å². The number of amides is 1. The molecule has 0 saturated carbocycles. The Morgan fingerprint density at radius 3 is 2.95 bits per heavy atom. The van der Waals surface area contributed by atoms with Crippen LogP contribution < -0.4 is 5.32 Å². The van der Waals surface area contributed by atoms with Crippen LogP contribution in [0.15, 0.2) is 12.7 Å². The van der Waals surface area contributed by atoms with Gasteiger partial charge in [0.1, 0.15) is 19.2 Å². The quantitative estimate of drug-likeness (QED) is 0.849. The van der Waals surface area contributed by atoms with Gasteiger partial charge in [-0.3, -0.25) is 4.79 Å². The molecule has 1 aliphatic heterocycles. The third-order valence-electron chi connectivity index (χ3n) is 3.54. The van der Waals surface area contributed by atoms with Crippen molar-refractivity contribution in [3.63, 3.8) is 0 Å². The largest absolute Gasteiger partial charge is 0.337 e.